The van der Waals surface area contributed by atoms with Gasteiger partial charge in [0.1, 0.15) is 6.10 Å². The minimum atomic E-state index is 0.118. The van der Waals surface area contributed by atoms with Crippen LogP contribution in [-0.2, 0) is 11.2 Å². The van der Waals surface area contributed by atoms with Gasteiger partial charge in [0, 0.05) is 43.2 Å². The number of thiophene rings is 1. The molecule has 0 saturated carbocycles. The van der Waals surface area contributed by atoms with E-state index in [-0.39, 0.29) is 12.0 Å². The van der Waals surface area contributed by atoms with Crippen LogP contribution in [0.3, 0.4) is 0 Å². The van der Waals surface area contributed by atoms with E-state index < -0.39 is 0 Å². The van der Waals surface area contributed by atoms with Crippen molar-refractivity contribution in [3.63, 3.8) is 0 Å². The van der Waals surface area contributed by atoms with Crippen molar-refractivity contribution in [2.75, 3.05) is 13.1 Å². The molecule has 1 aliphatic rings. The second-order valence-electron chi connectivity index (χ2n) is 5.00. The Labute approximate surface area is 127 Å². The fraction of sp³-hybridized carbons (Fsp3) is 0.400. The smallest absolute Gasteiger partial charge is 0.232 e. The van der Waals surface area contributed by atoms with Crippen molar-refractivity contribution in [1.29, 1.82) is 0 Å². The molecule has 3 rings (SSSR count). The highest BCUT2D eigenvalue weighted by Crippen LogP contribution is 2.18. The summed E-state index contributed by atoms with van der Waals surface area (Å²) in [6, 6.07) is 3.99. The molecule has 1 fully saturated rings. The van der Waals surface area contributed by atoms with Gasteiger partial charge < -0.3 is 9.64 Å². The lowest BCUT2D eigenvalue weighted by atomic mass is 10.1. The molecule has 0 unspecified atom stereocenters. The van der Waals surface area contributed by atoms with Crippen molar-refractivity contribution in [2.24, 2.45) is 0 Å². The summed E-state index contributed by atoms with van der Waals surface area (Å²) in [6.07, 6.45) is 7.17. The van der Waals surface area contributed by atoms with Crippen LogP contribution < -0.4 is 4.74 Å². The molecule has 0 aromatic carbocycles. The SMILES string of the molecule is O=C(Cc1cccs1)N1CCC(Oc2cnccn2)CC1. The molecule has 1 saturated heterocycles. The lowest BCUT2D eigenvalue weighted by Crippen LogP contribution is -2.42. The first kappa shape index (κ1) is 14.0. The molecule has 0 spiro atoms. The number of hydrogen-bond acceptors (Lipinski definition) is 5. The van der Waals surface area contributed by atoms with Crippen molar-refractivity contribution in [3.8, 4) is 5.88 Å². The number of ether oxygens (including phenoxy) is 1. The lowest BCUT2D eigenvalue weighted by Gasteiger charge is -2.31. The minimum absolute atomic E-state index is 0.118. The van der Waals surface area contributed by atoms with Gasteiger partial charge in [-0.1, -0.05) is 6.07 Å². The van der Waals surface area contributed by atoms with Crippen molar-refractivity contribution < 1.29 is 9.53 Å². The van der Waals surface area contributed by atoms with Crippen molar-refractivity contribution in [3.05, 3.63) is 41.0 Å². The van der Waals surface area contributed by atoms with Crippen LogP contribution in [0.15, 0.2) is 36.1 Å². The standard InChI is InChI=1S/C15H17N3O2S/c19-15(10-13-2-1-9-21-13)18-7-3-12(4-8-18)20-14-11-16-5-6-17-14/h1-2,5-6,9,11-12H,3-4,7-8,10H2. The van der Waals surface area contributed by atoms with Crippen LogP contribution >= 0.6 is 11.3 Å². The Morgan fingerprint density at radius 2 is 2.24 bits per heavy atom. The number of amides is 1. The Kier molecular flexibility index (Phi) is 4.45. The molecule has 1 aliphatic heterocycles. The lowest BCUT2D eigenvalue weighted by molar-refractivity contribution is -0.132. The average molecular weight is 303 g/mol. The van der Waals surface area contributed by atoms with Gasteiger partial charge in [-0.3, -0.25) is 9.78 Å². The van der Waals surface area contributed by atoms with Crippen molar-refractivity contribution in [2.45, 2.75) is 25.4 Å². The molecule has 110 valence electrons. The zero-order valence-corrected chi connectivity index (χ0v) is 12.5. The van der Waals surface area contributed by atoms with E-state index in [9.17, 15) is 4.79 Å². The molecule has 0 aliphatic carbocycles. The van der Waals surface area contributed by atoms with Crippen LogP contribution in [-0.4, -0.2) is 40.0 Å². The molecule has 0 radical (unpaired) electrons. The van der Waals surface area contributed by atoms with Gasteiger partial charge in [-0.25, -0.2) is 4.98 Å². The predicted octanol–water partition coefficient (Wildman–Crippen LogP) is 2.15. The Balaban J connectivity index is 1.47. The van der Waals surface area contributed by atoms with Gasteiger partial charge in [0.2, 0.25) is 11.8 Å². The van der Waals surface area contributed by atoms with E-state index in [1.807, 2.05) is 22.4 Å². The molecular weight excluding hydrogens is 286 g/mol. The van der Waals surface area contributed by atoms with Crippen LogP contribution in [0.25, 0.3) is 0 Å². The van der Waals surface area contributed by atoms with E-state index in [1.54, 1.807) is 29.9 Å². The Morgan fingerprint density at radius 3 is 2.90 bits per heavy atom. The maximum atomic E-state index is 12.2. The number of carbonyl (C=O) groups excluding carboxylic acids is 1. The van der Waals surface area contributed by atoms with E-state index in [4.69, 9.17) is 4.74 Å². The molecule has 1 amide bonds. The number of aromatic nitrogens is 2. The normalized spacial score (nSPS) is 15.9. The van der Waals surface area contributed by atoms with Gasteiger partial charge in [-0.15, -0.1) is 11.3 Å². The number of hydrogen-bond donors (Lipinski definition) is 0. The summed E-state index contributed by atoms with van der Waals surface area (Å²) in [5.41, 5.74) is 0. The van der Waals surface area contributed by atoms with Crippen molar-refractivity contribution in [1.82, 2.24) is 14.9 Å². The molecule has 3 heterocycles. The molecule has 6 heteroatoms. The van der Waals surface area contributed by atoms with E-state index >= 15 is 0 Å². The van der Waals surface area contributed by atoms with Gasteiger partial charge in [-0.05, 0) is 11.4 Å². The molecule has 21 heavy (non-hydrogen) atoms. The first-order chi connectivity index (χ1) is 10.3. The first-order valence-corrected chi connectivity index (χ1v) is 7.92. The zero-order valence-electron chi connectivity index (χ0n) is 11.6. The molecule has 0 atom stereocenters. The fourth-order valence-corrected chi connectivity index (χ4v) is 3.11. The maximum absolute atomic E-state index is 12.2. The van der Waals surface area contributed by atoms with Gasteiger partial charge in [-0.2, -0.15) is 0 Å². The average Bonchev–Trinajstić information content (AvgIpc) is 3.02. The third-order valence-electron chi connectivity index (χ3n) is 3.53. The number of piperidine rings is 1. The van der Waals surface area contributed by atoms with Crippen LogP contribution in [0.5, 0.6) is 5.88 Å². The van der Waals surface area contributed by atoms with Gasteiger partial charge in [0.15, 0.2) is 0 Å². The monoisotopic (exact) mass is 303 g/mol. The summed E-state index contributed by atoms with van der Waals surface area (Å²) < 4.78 is 5.78. The van der Waals surface area contributed by atoms with Crippen molar-refractivity contribution >= 4 is 17.2 Å². The van der Waals surface area contributed by atoms with E-state index in [0.717, 1.165) is 30.8 Å². The first-order valence-electron chi connectivity index (χ1n) is 7.04. The Morgan fingerprint density at radius 1 is 1.38 bits per heavy atom. The van der Waals surface area contributed by atoms with Crippen LogP contribution in [0.1, 0.15) is 17.7 Å². The summed E-state index contributed by atoms with van der Waals surface area (Å²) in [6.45, 7) is 1.49. The van der Waals surface area contributed by atoms with Crippen LogP contribution in [0.4, 0.5) is 0 Å². The quantitative estimate of drug-likeness (QED) is 0.868. The van der Waals surface area contributed by atoms with E-state index in [0.29, 0.717) is 12.3 Å². The van der Waals surface area contributed by atoms with E-state index in [1.165, 1.54) is 0 Å². The zero-order chi connectivity index (χ0) is 14.5. The second kappa shape index (κ2) is 6.67. The Bertz CT molecular complexity index is 566. The number of rotatable bonds is 4. The fourth-order valence-electron chi connectivity index (χ4n) is 2.41. The minimum Gasteiger partial charge on any atom is -0.473 e. The van der Waals surface area contributed by atoms with E-state index in [2.05, 4.69) is 9.97 Å². The van der Waals surface area contributed by atoms with Crippen LogP contribution in [0, 0.1) is 0 Å². The Hall–Kier alpha value is -1.95. The highest BCUT2D eigenvalue weighted by atomic mass is 32.1. The highest BCUT2D eigenvalue weighted by molar-refractivity contribution is 7.10. The molecule has 5 nitrogen and oxygen atoms in total. The number of nitrogens with zero attached hydrogens (tertiary/aromatic N) is 3. The molecule has 2 aromatic heterocycles. The highest BCUT2D eigenvalue weighted by Gasteiger charge is 2.24. The van der Waals surface area contributed by atoms with Gasteiger partial charge in [0.05, 0.1) is 12.6 Å². The number of carbonyl (C=O) groups is 1. The van der Waals surface area contributed by atoms with Crippen LogP contribution in [0.2, 0.25) is 0 Å². The topological polar surface area (TPSA) is 55.3 Å². The third kappa shape index (κ3) is 3.78. The summed E-state index contributed by atoms with van der Waals surface area (Å²) >= 11 is 1.63. The second-order valence-corrected chi connectivity index (χ2v) is 6.03. The molecule has 2 aromatic rings. The summed E-state index contributed by atoms with van der Waals surface area (Å²) in [7, 11) is 0. The summed E-state index contributed by atoms with van der Waals surface area (Å²) in [5, 5.41) is 2.00. The maximum Gasteiger partial charge on any atom is 0.232 e. The molecular formula is C15H17N3O2S. The third-order valence-corrected chi connectivity index (χ3v) is 4.40. The predicted molar refractivity (Wildman–Crippen MR) is 80.3 cm³/mol. The number of likely N-dealkylation sites (tertiary alicyclic amines) is 1. The van der Waals surface area contributed by atoms with Gasteiger partial charge in [0.25, 0.3) is 0 Å². The molecule has 0 bridgehead atoms. The largest absolute Gasteiger partial charge is 0.473 e. The molecule has 0 N–H and O–H groups in total. The van der Waals surface area contributed by atoms with Gasteiger partial charge >= 0.3 is 0 Å². The summed E-state index contributed by atoms with van der Waals surface area (Å²) in [4.78, 5) is 23.3. The summed E-state index contributed by atoms with van der Waals surface area (Å²) in [5.74, 6) is 0.760.